The lowest BCUT2D eigenvalue weighted by atomic mass is 9.98. The highest BCUT2D eigenvalue weighted by Gasteiger charge is 2.26. The lowest BCUT2D eigenvalue weighted by Gasteiger charge is -2.32. The Hall–Kier alpha value is -3.01. The maximum Gasteiger partial charge on any atom is 0.256 e. The van der Waals surface area contributed by atoms with Gasteiger partial charge in [0.15, 0.2) is 5.82 Å². The number of carbonyl (C=O) groups excluding carboxylic acids is 1. The lowest BCUT2D eigenvalue weighted by Crippen LogP contribution is -2.41. The molecule has 7 heteroatoms. The van der Waals surface area contributed by atoms with E-state index in [-0.39, 0.29) is 17.4 Å². The van der Waals surface area contributed by atoms with Crippen molar-refractivity contribution in [2.24, 2.45) is 5.92 Å². The number of hydrogen-bond donors (Lipinski definition) is 0. The predicted molar refractivity (Wildman–Crippen MR) is 87.3 cm³/mol. The second-order valence-electron chi connectivity index (χ2n) is 5.92. The summed E-state index contributed by atoms with van der Waals surface area (Å²) >= 11 is 0. The van der Waals surface area contributed by atoms with Crippen LogP contribution in [0.5, 0.6) is 5.88 Å². The number of halogens is 1. The number of nitriles is 1. The van der Waals surface area contributed by atoms with Crippen molar-refractivity contribution in [2.75, 3.05) is 19.7 Å². The van der Waals surface area contributed by atoms with Gasteiger partial charge in [-0.25, -0.2) is 9.37 Å². The van der Waals surface area contributed by atoms with Crippen LogP contribution in [0.2, 0.25) is 0 Å². The summed E-state index contributed by atoms with van der Waals surface area (Å²) < 4.78 is 19.4. The molecular weight excluding hydrogens is 323 g/mol. The van der Waals surface area contributed by atoms with Gasteiger partial charge in [-0.2, -0.15) is 5.26 Å². The molecule has 1 unspecified atom stereocenters. The van der Waals surface area contributed by atoms with Crippen molar-refractivity contribution in [1.82, 2.24) is 14.9 Å². The van der Waals surface area contributed by atoms with E-state index in [1.54, 1.807) is 17.0 Å². The fourth-order valence-corrected chi connectivity index (χ4v) is 2.87. The van der Waals surface area contributed by atoms with Gasteiger partial charge in [0, 0.05) is 37.5 Å². The van der Waals surface area contributed by atoms with Crippen molar-refractivity contribution >= 4 is 5.91 Å². The van der Waals surface area contributed by atoms with E-state index in [4.69, 9.17) is 10.00 Å². The summed E-state index contributed by atoms with van der Waals surface area (Å²) in [5, 5.41) is 8.89. The second-order valence-corrected chi connectivity index (χ2v) is 5.92. The number of piperidine rings is 1. The molecular formula is C18H17FN4O2. The molecule has 25 heavy (non-hydrogen) atoms. The molecule has 1 saturated heterocycles. The van der Waals surface area contributed by atoms with Crippen LogP contribution in [0.25, 0.3) is 0 Å². The third kappa shape index (κ3) is 4.10. The van der Waals surface area contributed by atoms with Crippen molar-refractivity contribution in [3.63, 3.8) is 0 Å². The number of rotatable bonds is 4. The molecule has 0 saturated carbocycles. The first-order chi connectivity index (χ1) is 12.2. The van der Waals surface area contributed by atoms with Crippen LogP contribution in [0.15, 0.2) is 36.8 Å². The summed E-state index contributed by atoms with van der Waals surface area (Å²) in [5.74, 6) is -0.407. The fourth-order valence-electron chi connectivity index (χ4n) is 2.87. The number of pyridine rings is 2. The maximum absolute atomic E-state index is 13.8. The summed E-state index contributed by atoms with van der Waals surface area (Å²) in [7, 11) is 0. The summed E-state index contributed by atoms with van der Waals surface area (Å²) in [6.07, 6.45) is 5.73. The van der Waals surface area contributed by atoms with Gasteiger partial charge in [0.25, 0.3) is 5.91 Å². The quantitative estimate of drug-likeness (QED) is 0.854. The molecule has 0 radical (unpaired) electrons. The Kier molecular flexibility index (Phi) is 5.19. The SMILES string of the molecule is N#Cc1ccnc(OCC2CCCN(C(=O)c3ccncc3F)C2)c1. The zero-order chi connectivity index (χ0) is 17.6. The Labute approximate surface area is 144 Å². The van der Waals surface area contributed by atoms with E-state index in [1.807, 2.05) is 6.07 Å². The second kappa shape index (κ2) is 7.71. The molecule has 3 heterocycles. The topological polar surface area (TPSA) is 79.1 Å². The number of carbonyl (C=O) groups is 1. The number of likely N-dealkylation sites (tertiary alicyclic amines) is 1. The normalized spacial score (nSPS) is 17.0. The van der Waals surface area contributed by atoms with Crippen LogP contribution in [-0.2, 0) is 0 Å². The zero-order valence-electron chi connectivity index (χ0n) is 13.6. The van der Waals surface area contributed by atoms with Gasteiger partial charge in [-0.05, 0) is 25.0 Å². The highest BCUT2D eigenvalue weighted by Crippen LogP contribution is 2.20. The molecule has 2 aromatic heterocycles. The van der Waals surface area contributed by atoms with Gasteiger partial charge in [0.2, 0.25) is 5.88 Å². The van der Waals surface area contributed by atoms with E-state index in [2.05, 4.69) is 9.97 Å². The van der Waals surface area contributed by atoms with E-state index in [9.17, 15) is 9.18 Å². The Morgan fingerprint density at radius 2 is 2.32 bits per heavy atom. The lowest BCUT2D eigenvalue weighted by molar-refractivity contribution is 0.0626. The van der Waals surface area contributed by atoms with Gasteiger partial charge in [0.1, 0.15) is 0 Å². The molecule has 0 aliphatic carbocycles. The molecule has 2 aromatic rings. The molecule has 1 fully saturated rings. The fraction of sp³-hybridized carbons (Fsp3) is 0.333. The van der Waals surface area contributed by atoms with Crippen LogP contribution in [0.4, 0.5) is 4.39 Å². The first kappa shape index (κ1) is 16.8. The monoisotopic (exact) mass is 340 g/mol. The largest absolute Gasteiger partial charge is 0.477 e. The van der Waals surface area contributed by atoms with E-state index in [1.165, 1.54) is 18.5 Å². The zero-order valence-corrected chi connectivity index (χ0v) is 13.6. The summed E-state index contributed by atoms with van der Waals surface area (Å²) in [6, 6.07) is 6.62. The number of nitrogens with zero attached hydrogens (tertiary/aromatic N) is 4. The average Bonchev–Trinajstić information content (AvgIpc) is 2.66. The molecule has 0 N–H and O–H groups in total. The van der Waals surface area contributed by atoms with Crippen LogP contribution in [0.1, 0.15) is 28.8 Å². The van der Waals surface area contributed by atoms with Crippen LogP contribution >= 0.6 is 0 Å². The van der Waals surface area contributed by atoms with Crippen molar-refractivity contribution < 1.29 is 13.9 Å². The Balaban J connectivity index is 1.60. The van der Waals surface area contributed by atoms with E-state index in [0.717, 1.165) is 19.0 Å². The molecule has 1 atom stereocenters. The van der Waals surface area contributed by atoms with E-state index < -0.39 is 5.82 Å². The molecule has 6 nitrogen and oxygen atoms in total. The predicted octanol–water partition coefficient (Wildman–Crippen LogP) is 2.42. The van der Waals surface area contributed by atoms with Gasteiger partial charge in [-0.3, -0.25) is 9.78 Å². The molecule has 0 spiro atoms. The Morgan fingerprint density at radius 1 is 1.44 bits per heavy atom. The first-order valence-electron chi connectivity index (χ1n) is 8.05. The maximum atomic E-state index is 13.8. The number of amides is 1. The van der Waals surface area contributed by atoms with E-state index >= 15 is 0 Å². The number of hydrogen-bond acceptors (Lipinski definition) is 5. The highest BCUT2D eigenvalue weighted by molar-refractivity contribution is 5.94. The van der Waals surface area contributed by atoms with Crippen LogP contribution in [0.3, 0.4) is 0 Å². The van der Waals surface area contributed by atoms with Gasteiger partial charge < -0.3 is 9.64 Å². The van der Waals surface area contributed by atoms with Crippen molar-refractivity contribution in [1.29, 1.82) is 5.26 Å². The number of aromatic nitrogens is 2. The average molecular weight is 340 g/mol. The molecule has 3 rings (SSSR count). The molecule has 0 aromatic carbocycles. The summed E-state index contributed by atoms with van der Waals surface area (Å²) in [4.78, 5) is 21.9. The third-order valence-corrected chi connectivity index (χ3v) is 4.14. The minimum atomic E-state index is -0.608. The first-order valence-corrected chi connectivity index (χ1v) is 8.05. The Morgan fingerprint density at radius 3 is 3.12 bits per heavy atom. The van der Waals surface area contributed by atoms with Crippen molar-refractivity contribution in [3.05, 3.63) is 53.7 Å². The van der Waals surface area contributed by atoms with Gasteiger partial charge >= 0.3 is 0 Å². The standard InChI is InChI=1S/C18H17FN4O2/c19-16-10-21-5-4-15(16)18(24)23-7-1-2-14(11-23)12-25-17-8-13(9-20)3-6-22-17/h3-6,8,10,14H,1-2,7,11-12H2. The number of ether oxygens (including phenoxy) is 1. The molecule has 128 valence electrons. The molecule has 1 amide bonds. The minimum absolute atomic E-state index is 0.0416. The van der Waals surface area contributed by atoms with E-state index in [0.29, 0.717) is 31.1 Å². The minimum Gasteiger partial charge on any atom is -0.477 e. The third-order valence-electron chi connectivity index (χ3n) is 4.14. The Bertz CT molecular complexity index is 806. The van der Waals surface area contributed by atoms with Crippen molar-refractivity contribution in [3.8, 4) is 11.9 Å². The molecule has 1 aliphatic heterocycles. The van der Waals surface area contributed by atoms with Gasteiger partial charge in [-0.1, -0.05) is 0 Å². The van der Waals surface area contributed by atoms with Crippen LogP contribution < -0.4 is 4.74 Å². The molecule has 1 aliphatic rings. The molecule has 0 bridgehead atoms. The summed E-state index contributed by atoms with van der Waals surface area (Å²) in [5.41, 5.74) is 0.526. The van der Waals surface area contributed by atoms with Gasteiger partial charge in [0.05, 0.1) is 30.0 Å². The highest BCUT2D eigenvalue weighted by atomic mass is 19.1. The van der Waals surface area contributed by atoms with Gasteiger partial charge in [-0.15, -0.1) is 0 Å². The smallest absolute Gasteiger partial charge is 0.256 e. The van der Waals surface area contributed by atoms with Crippen molar-refractivity contribution in [2.45, 2.75) is 12.8 Å². The summed E-state index contributed by atoms with van der Waals surface area (Å²) in [6.45, 7) is 1.49. The van der Waals surface area contributed by atoms with Crippen LogP contribution in [0, 0.1) is 23.1 Å². The van der Waals surface area contributed by atoms with Crippen LogP contribution in [-0.4, -0.2) is 40.5 Å².